The van der Waals surface area contributed by atoms with Crippen LogP contribution in [0.25, 0.3) is 88.2 Å². The molecule has 0 N–H and O–H groups in total. The van der Waals surface area contributed by atoms with Crippen LogP contribution in [0.15, 0.2) is 145 Å². The number of hydrogen-bond acceptors (Lipinski definition) is 5. The highest BCUT2D eigenvalue weighted by Crippen LogP contribution is 2.36. The van der Waals surface area contributed by atoms with Crippen LogP contribution in [0.5, 0.6) is 0 Å². The Hall–Kier alpha value is -6.18. The van der Waals surface area contributed by atoms with Gasteiger partial charge in [-0.1, -0.05) is 91.0 Å². The summed E-state index contributed by atoms with van der Waals surface area (Å²) in [6.07, 6.45) is 0. The molecule has 0 spiro atoms. The van der Waals surface area contributed by atoms with Crippen molar-refractivity contribution in [1.82, 2.24) is 29.1 Å². The molecule has 0 saturated carbocycles. The first-order valence-electron chi connectivity index (χ1n) is 15.5. The summed E-state index contributed by atoms with van der Waals surface area (Å²) in [5.41, 5.74) is 10.2. The standard InChI is InChI=1S/C40H24N6S/c1-2-10-25(11-3-1)26-18-20-36-31(22-26)30-14-6-9-17-35(30)46(36)40-43-38(27-19-21-37-32(23-27)41-24-47-37)42-39(44-40)45-33-15-7-4-12-28(33)29-13-5-8-16-34(29)45/h1-24H. The van der Waals surface area contributed by atoms with Gasteiger partial charge in [0.05, 0.1) is 37.8 Å². The molecule has 47 heavy (non-hydrogen) atoms. The Morgan fingerprint density at radius 2 is 0.979 bits per heavy atom. The molecule has 6 aromatic carbocycles. The molecule has 0 unspecified atom stereocenters. The van der Waals surface area contributed by atoms with Crippen molar-refractivity contribution >= 4 is 65.2 Å². The average molecular weight is 621 g/mol. The van der Waals surface area contributed by atoms with Crippen LogP contribution in [0, 0.1) is 0 Å². The fourth-order valence-corrected chi connectivity index (χ4v) is 7.48. The fraction of sp³-hybridized carbons (Fsp3) is 0. The van der Waals surface area contributed by atoms with Crippen molar-refractivity contribution in [1.29, 1.82) is 0 Å². The monoisotopic (exact) mass is 620 g/mol. The number of hydrogen-bond donors (Lipinski definition) is 0. The lowest BCUT2D eigenvalue weighted by Gasteiger charge is -2.12. The van der Waals surface area contributed by atoms with Gasteiger partial charge in [0, 0.05) is 27.1 Å². The van der Waals surface area contributed by atoms with Crippen molar-refractivity contribution in [3.05, 3.63) is 145 Å². The maximum absolute atomic E-state index is 5.27. The average Bonchev–Trinajstić information content (AvgIpc) is 3.84. The molecular weight excluding hydrogens is 597 g/mol. The minimum atomic E-state index is 0.559. The third-order valence-electron chi connectivity index (χ3n) is 8.96. The van der Waals surface area contributed by atoms with E-state index in [1.54, 1.807) is 11.3 Å². The van der Waals surface area contributed by atoms with E-state index in [-0.39, 0.29) is 0 Å². The lowest BCUT2D eigenvalue weighted by molar-refractivity contribution is 0.893. The molecule has 0 aliphatic rings. The quantitative estimate of drug-likeness (QED) is 0.196. The molecule has 0 amide bonds. The van der Waals surface area contributed by atoms with Gasteiger partial charge in [-0.3, -0.25) is 9.13 Å². The normalized spacial score (nSPS) is 11.8. The summed E-state index contributed by atoms with van der Waals surface area (Å²) < 4.78 is 5.45. The maximum atomic E-state index is 5.27. The van der Waals surface area contributed by atoms with Crippen LogP contribution < -0.4 is 0 Å². The molecule has 0 fully saturated rings. The summed E-state index contributed by atoms with van der Waals surface area (Å²) in [5, 5.41) is 4.59. The van der Waals surface area contributed by atoms with E-state index in [9.17, 15) is 0 Å². The number of fused-ring (bicyclic) bond motifs is 7. The topological polar surface area (TPSA) is 61.4 Å². The summed E-state index contributed by atoms with van der Waals surface area (Å²) >= 11 is 1.63. The Morgan fingerprint density at radius 1 is 0.426 bits per heavy atom. The third kappa shape index (κ3) is 4.03. The summed E-state index contributed by atoms with van der Waals surface area (Å²) in [5.74, 6) is 1.71. The van der Waals surface area contributed by atoms with Crippen LogP contribution in [0.2, 0.25) is 0 Å². The van der Waals surface area contributed by atoms with E-state index in [4.69, 9.17) is 15.0 Å². The SMILES string of the molecule is c1ccc(-c2ccc3c(c2)c2ccccc2n3-c2nc(-c3ccc4scnc4c3)nc(-n3c4ccccc4c4ccccc43)n2)cc1. The number of benzene rings is 6. The second-order valence-corrected chi connectivity index (χ2v) is 12.5. The Morgan fingerprint density at radius 3 is 1.64 bits per heavy atom. The highest BCUT2D eigenvalue weighted by molar-refractivity contribution is 7.16. The van der Waals surface area contributed by atoms with Gasteiger partial charge in [0.15, 0.2) is 5.82 Å². The summed E-state index contributed by atoms with van der Waals surface area (Å²) in [6, 6.07) is 48.7. The second-order valence-electron chi connectivity index (χ2n) is 11.6. The van der Waals surface area contributed by atoms with Crippen molar-refractivity contribution in [3.63, 3.8) is 0 Å². The van der Waals surface area contributed by atoms with E-state index in [2.05, 4.69) is 148 Å². The molecule has 0 aliphatic carbocycles. The van der Waals surface area contributed by atoms with Gasteiger partial charge in [0.2, 0.25) is 11.9 Å². The van der Waals surface area contributed by atoms with E-state index in [0.717, 1.165) is 59.4 Å². The number of aromatic nitrogens is 6. The molecule has 0 bridgehead atoms. The molecule has 4 aromatic heterocycles. The van der Waals surface area contributed by atoms with Crippen LogP contribution in [0.1, 0.15) is 0 Å². The molecule has 4 heterocycles. The van der Waals surface area contributed by atoms with E-state index < -0.39 is 0 Å². The molecular formula is C40H24N6S. The maximum Gasteiger partial charge on any atom is 0.240 e. The molecule has 10 aromatic rings. The van der Waals surface area contributed by atoms with Crippen molar-refractivity contribution in [2.45, 2.75) is 0 Å². The predicted octanol–water partition coefficient (Wildman–Crippen LogP) is 10.0. The van der Waals surface area contributed by atoms with Crippen LogP contribution in [0.4, 0.5) is 0 Å². The van der Waals surface area contributed by atoms with Crippen molar-refractivity contribution < 1.29 is 0 Å². The number of thiazole rings is 1. The third-order valence-corrected chi connectivity index (χ3v) is 9.77. The van der Waals surface area contributed by atoms with Gasteiger partial charge in [-0.2, -0.15) is 15.0 Å². The first kappa shape index (κ1) is 26.1. The first-order chi connectivity index (χ1) is 23.3. The van der Waals surface area contributed by atoms with Gasteiger partial charge >= 0.3 is 0 Å². The zero-order chi connectivity index (χ0) is 30.9. The van der Waals surface area contributed by atoms with Gasteiger partial charge in [0.1, 0.15) is 0 Å². The van der Waals surface area contributed by atoms with Crippen molar-refractivity contribution in [3.8, 4) is 34.4 Å². The van der Waals surface area contributed by atoms with Crippen LogP contribution in [0.3, 0.4) is 0 Å². The lowest BCUT2D eigenvalue weighted by Crippen LogP contribution is -2.10. The molecule has 0 saturated heterocycles. The Balaban J connectivity index is 1.29. The fourth-order valence-electron chi connectivity index (χ4n) is 6.82. The Labute approximate surface area is 272 Å². The van der Waals surface area contributed by atoms with Crippen LogP contribution >= 0.6 is 11.3 Å². The Kier molecular flexibility index (Phi) is 5.64. The molecule has 0 aliphatic heterocycles. The Bertz CT molecular complexity index is 2760. The first-order valence-corrected chi connectivity index (χ1v) is 16.4. The predicted molar refractivity (Wildman–Crippen MR) is 193 cm³/mol. The molecule has 0 radical (unpaired) electrons. The molecule has 7 heteroatoms. The summed E-state index contributed by atoms with van der Waals surface area (Å²) in [6.45, 7) is 0. The lowest BCUT2D eigenvalue weighted by atomic mass is 10.0. The number of rotatable bonds is 4. The van der Waals surface area contributed by atoms with Gasteiger partial charge in [-0.25, -0.2) is 4.98 Å². The largest absolute Gasteiger partial charge is 0.278 e. The van der Waals surface area contributed by atoms with Crippen LogP contribution in [-0.2, 0) is 0 Å². The summed E-state index contributed by atoms with van der Waals surface area (Å²) in [7, 11) is 0. The second kappa shape index (κ2) is 10.2. The van der Waals surface area contributed by atoms with E-state index >= 15 is 0 Å². The molecule has 10 rings (SSSR count). The van der Waals surface area contributed by atoms with Crippen molar-refractivity contribution in [2.24, 2.45) is 0 Å². The van der Waals surface area contributed by atoms with Gasteiger partial charge in [-0.15, -0.1) is 11.3 Å². The van der Waals surface area contributed by atoms with Gasteiger partial charge < -0.3 is 0 Å². The van der Waals surface area contributed by atoms with E-state index in [1.165, 1.54) is 11.1 Å². The molecule has 220 valence electrons. The summed E-state index contributed by atoms with van der Waals surface area (Å²) in [4.78, 5) is 20.2. The molecule has 0 atom stereocenters. The zero-order valence-electron chi connectivity index (χ0n) is 24.9. The smallest absolute Gasteiger partial charge is 0.240 e. The van der Waals surface area contributed by atoms with Gasteiger partial charge in [0.25, 0.3) is 0 Å². The minimum absolute atomic E-state index is 0.559. The minimum Gasteiger partial charge on any atom is -0.278 e. The molecule has 6 nitrogen and oxygen atoms in total. The van der Waals surface area contributed by atoms with E-state index in [1.807, 2.05) is 11.6 Å². The number of para-hydroxylation sites is 3. The zero-order valence-corrected chi connectivity index (χ0v) is 25.8. The highest BCUT2D eigenvalue weighted by atomic mass is 32.1. The highest BCUT2D eigenvalue weighted by Gasteiger charge is 2.21. The number of nitrogens with zero attached hydrogens (tertiary/aromatic N) is 6. The van der Waals surface area contributed by atoms with E-state index in [0.29, 0.717) is 17.7 Å². The van der Waals surface area contributed by atoms with Crippen molar-refractivity contribution in [2.75, 3.05) is 0 Å². The van der Waals surface area contributed by atoms with Gasteiger partial charge in [-0.05, 0) is 59.7 Å². The van der Waals surface area contributed by atoms with Crippen LogP contribution in [-0.4, -0.2) is 29.1 Å².